The van der Waals surface area contributed by atoms with Gasteiger partial charge in [-0.25, -0.2) is 0 Å². The summed E-state index contributed by atoms with van der Waals surface area (Å²) in [6.07, 6.45) is 0. The predicted octanol–water partition coefficient (Wildman–Crippen LogP) is -12.8. The first-order chi connectivity index (χ1) is 26.6. The molecule has 254 valence electrons. The lowest BCUT2D eigenvalue weighted by Crippen LogP contribution is -2.58. The Labute approximate surface area is 344 Å². The minimum absolute atomic E-state index is 0.910. The van der Waals surface area contributed by atoms with E-state index in [0.717, 1.165) is 33.0 Å². The van der Waals surface area contributed by atoms with E-state index in [2.05, 4.69) is 194 Å². The van der Waals surface area contributed by atoms with Gasteiger partial charge in [-0.05, 0) is 51.9 Å². The fourth-order valence-corrected chi connectivity index (χ4v) is 9.67. The maximum Gasteiger partial charge on any atom is 0.143 e. The van der Waals surface area contributed by atoms with E-state index in [0.29, 0.717) is 0 Å². The van der Waals surface area contributed by atoms with Gasteiger partial charge in [0.05, 0.1) is 0 Å². The summed E-state index contributed by atoms with van der Waals surface area (Å²) in [5, 5.41) is 4.63. The normalized spacial score (nSPS) is 11.5. The molecule has 0 amide bonds. The van der Waals surface area contributed by atoms with Crippen LogP contribution in [-0.2, 0) is 0 Å². The van der Waals surface area contributed by atoms with Crippen molar-refractivity contribution in [2.24, 2.45) is 0 Å². The van der Waals surface area contributed by atoms with Crippen LogP contribution in [0.5, 0.6) is 0 Å². The summed E-state index contributed by atoms with van der Waals surface area (Å²) < 4.78 is 6.65. The van der Waals surface area contributed by atoms with Crippen LogP contribution in [0, 0.1) is 0 Å². The molecule has 1 heterocycles. The molecule has 56 heavy (non-hydrogen) atoms. The molecule has 0 radical (unpaired) electrons. The van der Waals surface area contributed by atoms with Crippen molar-refractivity contribution in [3.63, 3.8) is 0 Å². The third-order valence-electron chi connectivity index (χ3n) is 14.0. The molecule has 0 N–H and O–H groups in total. The van der Waals surface area contributed by atoms with Crippen LogP contribution in [0.4, 0.5) is 17.1 Å². The summed E-state index contributed by atoms with van der Waals surface area (Å²) >= 11 is 0. The van der Waals surface area contributed by atoms with Crippen molar-refractivity contribution < 1.29 is 4.42 Å². The molecular weight excluding hydrogens is 662 g/mol. The maximum atomic E-state index is 6.65. The topological polar surface area (TPSA) is 16.4 Å². The largest absolute Gasteiger partial charge is 0.455 e. The standard InChI is InChI=1S/C40H41B14NO/c41-24-22(25(42)29(46)30(47)28(24)45)23-26(43)34(51)38(35(52)27(23)44)55(39-36(53)32(49)31(48)33(50)37(39)54)16-7-3-6-15(13-16)17-9-4-10-20-21(17)19-12-11-14-5-1-2-8-18(14)40(19)56-20/h1-13H,41-54H2. The Bertz CT molecular complexity index is 2910. The molecule has 0 fully saturated rings. The third kappa shape index (κ3) is 5.60. The summed E-state index contributed by atoms with van der Waals surface area (Å²) in [4.78, 5) is 2.59. The lowest BCUT2D eigenvalue weighted by atomic mass is 9.56. The van der Waals surface area contributed by atoms with Crippen molar-refractivity contribution in [2.75, 3.05) is 4.90 Å². The van der Waals surface area contributed by atoms with Gasteiger partial charge in [0, 0.05) is 33.2 Å². The second-order valence-electron chi connectivity index (χ2n) is 16.5. The molecule has 0 aliphatic heterocycles. The second-order valence-corrected chi connectivity index (χ2v) is 16.5. The van der Waals surface area contributed by atoms with Gasteiger partial charge in [0.25, 0.3) is 0 Å². The smallest absolute Gasteiger partial charge is 0.143 e. The van der Waals surface area contributed by atoms with Crippen LogP contribution >= 0.6 is 0 Å². The van der Waals surface area contributed by atoms with Crippen molar-refractivity contribution in [3.8, 4) is 22.3 Å². The summed E-state index contributed by atoms with van der Waals surface area (Å²) in [5.41, 5.74) is 29.7. The summed E-state index contributed by atoms with van der Waals surface area (Å²) in [6, 6.07) is 28.6. The molecule has 0 unspecified atom stereocenters. The molecule has 16 heteroatoms. The minimum atomic E-state index is 0.910. The molecule has 8 aromatic rings. The number of furan rings is 1. The molecule has 2 nitrogen and oxygen atoms in total. The number of rotatable bonds is 5. The van der Waals surface area contributed by atoms with Crippen LogP contribution in [-0.4, -0.2) is 110 Å². The van der Waals surface area contributed by atoms with Crippen molar-refractivity contribution in [2.45, 2.75) is 0 Å². The molecule has 0 atom stereocenters. The Hall–Kier alpha value is -4.69. The Morgan fingerprint density at radius 3 is 1.46 bits per heavy atom. The van der Waals surface area contributed by atoms with Crippen LogP contribution in [0.2, 0.25) is 0 Å². The third-order valence-corrected chi connectivity index (χ3v) is 14.0. The van der Waals surface area contributed by atoms with Gasteiger partial charge in [0.15, 0.2) is 0 Å². The van der Waals surface area contributed by atoms with Gasteiger partial charge in [-0.15, -0.1) is 21.9 Å². The number of anilines is 3. The maximum absolute atomic E-state index is 6.65. The van der Waals surface area contributed by atoms with Gasteiger partial charge in [-0.1, -0.05) is 109 Å². The van der Waals surface area contributed by atoms with Crippen LogP contribution < -0.4 is 81.4 Å². The van der Waals surface area contributed by atoms with Crippen molar-refractivity contribution in [3.05, 3.63) is 78.9 Å². The van der Waals surface area contributed by atoms with E-state index in [4.69, 9.17) is 4.42 Å². The van der Waals surface area contributed by atoms with Crippen molar-refractivity contribution in [1.29, 1.82) is 0 Å². The van der Waals surface area contributed by atoms with Gasteiger partial charge >= 0.3 is 0 Å². The quantitative estimate of drug-likeness (QED) is 0.166. The van der Waals surface area contributed by atoms with Gasteiger partial charge in [0.1, 0.15) is 121 Å². The van der Waals surface area contributed by atoms with Crippen LogP contribution in [0.25, 0.3) is 55.0 Å². The first-order valence-electron chi connectivity index (χ1n) is 20.1. The summed E-state index contributed by atoms with van der Waals surface area (Å²) in [6.45, 7) is 0. The highest BCUT2D eigenvalue weighted by Crippen LogP contribution is 2.41. The monoisotopic (exact) mass is 705 g/mol. The van der Waals surface area contributed by atoms with Crippen molar-refractivity contribution in [1.82, 2.24) is 0 Å². The molecule has 1 aromatic heterocycles. The number of benzene rings is 7. The Morgan fingerprint density at radius 1 is 0.393 bits per heavy atom. The summed E-state index contributed by atoms with van der Waals surface area (Å²) in [5.74, 6) is 0. The van der Waals surface area contributed by atoms with Crippen LogP contribution in [0.3, 0.4) is 0 Å². The number of fused-ring (bicyclic) bond motifs is 5. The van der Waals surface area contributed by atoms with E-state index in [1.807, 2.05) is 0 Å². The van der Waals surface area contributed by atoms with Gasteiger partial charge in [-0.2, -0.15) is 0 Å². The molecule has 0 aliphatic carbocycles. The lowest BCUT2D eigenvalue weighted by molar-refractivity contribution is 0.673. The first kappa shape index (κ1) is 38.2. The molecule has 7 aromatic carbocycles. The first-order valence-corrected chi connectivity index (χ1v) is 20.1. The van der Waals surface area contributed by atoms with E-state index in [-0.39, 0.29) is 0 Å². The molecular formula is C40H41B14NO. The van der Waals surface area contributed by atoms with Gasteiger partial charge in [-0.3, -0.25) is 0 Å². The van der Waals surface area contributed by atoms with Gasteiger partial charge in [0.2, 0.25) is 0 Å². The SMILES string of the molecule is Bc1c(B)c(B)c(-c2c(B)c(B)c(N(c3cccc(-c4cccc5oc6c7ccccc7ccc6c45)c3)c3c(B)c(B)c(B)c(B)c3B)c(B)c2B)c(B)c1B. The molecule has 8 rings (SSSR count). The average molecular weight is 703 g/mol. The Kier molecular flexibility index (Phi) is 9.58. The average Bonchev–Trinajstić information content (AvgIpc) is 3.60. The zero-order valence-corrected chi connectivity index (χ0v) is 35.9. The Balaban J connectivity index is 1.42. The molecule has 0 saturated carbocycles. The molecule has 0 spiro atoms. The van der Waals surface area contributed by atoms with Crippen molar-refractivity contribution >= 4 is 236 Å². The fourth-order valence-electron chi connectivity index (χ4n) is 9.67. The van der Waals surface area contributed by atoms with Gasteiger partial charge < -0.3 is 9.32 Å². The van der Waals surface area contributed by atoms with Crippen LogP contribution in [0.1, 0.15) is 0 Å². The number of hydrogen-bond donors (Lipinski definition) is 0. The number of hydrogen-bond acceptors (Lipinski definition) is 2. The highest BCUT2D eigenvalue weighted by Gasteiger charge is 2.27. The van der Waals surface area contributed by atoms with E-state index < -0.39 is 0 Å². The van der Waals surface area contributed by atoms with E-state index >= 15 is 0 Å². The molecule has 0 bridgehead atoms. The highest BCUT2D eigenvalue weighted by molar-refractivity contribution is 6.72. The lowest BCUT2D eigenvalue weighted by Gasteiger charge is -2.37. The molecule has 0 saturated heterocycles. The van der Waals surface area contributed by atoms with E-state index in [1.165, 1.54) is 115 Å². The van der Waals surface area contributed by atoms with E-state index in [9.17, 15) is 0 Å². The molecule has 0 aliphatic rings. The predicted molar refractivity (Wildman–Crippen MR) is 291 cm³/mol. The minimum Gasteiger partial charge on any atom is -0.455 e. The zero-order valence-electron chi connectivity index (χ0n) is 35.9. The summed E-state index contributed by atoms with van der Waals surface area (Å²) in [7, 11) is 32.3. The number of nitrogens with zero attached hydrogens (tertiary/aromatic N) is 1. The highest BCUT2D eigenvalue weighted by atomic mass is 16.3. The Morgan fingerprint density at radius 2 is 0.875 bits per heavy atom. The van der Waals surface area contributed by atoms with E-state index in [1.54, 1.807) is 0 Å². The van der Waals surface area contributed by atoms with Crippen LogP contribution in [0.15, 0.2) is 83.3 Å². The second kappa shape index (κ2) is 14.0. The fraction of sp³-hybridized carbons (Fsp3) is 0. The zero-order chi connectivity index (χ0) is 40.1.